The van der Waals surface area contributed by atoms with Gasteiger partial charge in [0, 0.05) is 12.0 Å². The van der Waals surface area contributed by atoms with E-state index in [9.17, 15) is 0 Å². The highest BCUT2D eigenvalue weighted by Gasteiger charge is 2.36. The van der Waals surface area contributed by atoms with E-state index in [1.807, 2.05) is 30.3 Å². The van der Waals surface area contributed by atoms with Crippen molar-refractivity contribution in [2.24, 2.45) is 5.73 Å². The van der Waals surface area contributed by atoms with Crippen LogP contribution in [0.25, 0.3) is 0 Å². The molecule has 0 radical (unpaired) electrons. The molecule has 0 saturated heterocycles. The molecule has 2 aromatic rings. The zero-order valence-electron chi connectivity index (χ0n) is 10.3. The van der Waals surface area contributed by atoms with Gasteiger partial charge in [-0.25, -0.2) is 0 Å². The van der Waals surface area contributed by atoms with Gasteiger partial charge < -0.3 is 10.5 Å². The van der Waals surface area contributed by atoms with Gasteiger partial charge in [0.05, 0.1) is 0 Å². The SMILES string of the molecule is NC1CC1c1ccccc1OCc1ccccc1. The summed E-state index contributed by atoms with van der Waals surface area (Å²) in [5.74, 6) is 1.45. The van der Waals surface area contributed by atoms with E-state index in [2.05, 4.69) is 24.3 Å². The van der Waals surface area contributed by atoms with Crippen molar-refractivity contribution in [1.29, 1.82) is 0 Å². The van der Waals surface area contributed by atoms with Crippen LogP contribution in [0.5, 0.6) is 5.75 Å². The molecule has 2 heteroatoms. The van der Waals surface area contributed by atoms with Crippen molar-refractivity contribution in [1.82, 2.24) is 0 Å². The summed E-state index contributed by atoms with van der Waals surface area (Å²) >= 11 is 0. The van der Waals surface area contributed by atoms with Gasteiger partial charge in [-0.3, -0.25) is 0 Å². The van der Waals surface area contributed by atoms with Crippen molar-refractivity contribution >= 4 is 0 Å². The number of hydrogen-bond donors (Lipinski definition) is 1. The fourth-order valence-corrected chi connectivity index (χ4v) is 2.23. The molecule has 0 spiro atoms. The lowest BCUT2D eigenvalue weighted by molar-refractivity contribution is 0.303. The van der Waals surface area contributed by atoms with Crippen molar-refractivity contribution in [3.8, 4) is 5.75 Å². The van der Waals surface area contributed by atoms with Crippen LogP contribution in [0, 0.1) is 0 Å². The Morgan fingerprint density at radius 3 is 2.39 bits per heavy atom. The molecule has 0 aromatic heterocycles. The number of para-hydroxylation sites is 1. The molecule has 0 bridgehead atoms. The molecule has 0 amide bonds. The molecule has 1 aliphatic carbocycles. The number of rotatable bonds is 4. The minimum atomic E-state index is 0.312. The molecule has 18 heavy (non-hydrogen) atoms. The molecule has 2 unspecified atom stereocenters. The van der Waals surface area contributed by atoms with E-state index in [1.54, 1.807) is 0 Å². The maximum absolute atomic E-state index is 5.92. The monoisotopic (exact) mass is 239 g/mol. The van der Waals surface area contributed by atoms with E-state index in [-0.39, 0.29) is 0 Å². The van der Waals surface area contributed by atoms with Crippen molar-refractivity contribution in [3.63, 3.8) is 0 Å². The summed E-state index contributed by atoms with van der Waals surface area (Å²) in [4.78, 5) is 0. The van der Waals surface area contributed by atoms with Gasteiger partial charge >= 0.3 is 0 Å². The molecule has 92 valence electrons. The first kappa shape index (κ1) is 11.3. The number of ether oxygens (including phenoxy) is 1. The van der Waals surface area contributed by atoms with Crippen molar-refractivity contribution in [2.45, 2.75) is 25.0 Å². The first-order valence-electron chi connectivity index (χ1n) is 6.36. The third-order valence-corrected chi connectivity index (χ3v) is 3.40. The molecule has 0 heterocycles. The third-order valence-electron chi connectivity index (χ3n) is 3.40. The first-order chi connectivity index (χ1) is 8.84. The Morgan fingerprint density at radius 2 is 1.67 bits per heavy atom. The predicted molar refractivity (Wildman–Crippen MR) is 72.5 cm³/mol. The van der Waals surface area contributed by atoms with Gasteiger partial charge in [0.15, 0.2) is 0 Å². The van der Waals surface area contributed by atoms with Gasteiger partial charge in [0.1, 0.15) is 12.4 Å². The molecule has 3 rings (SSSR count). The van der Waals surface area contributed by atoms with Crippen LogP contribution in [-0.2, 0) is 6.61 Å². The summed E-state index contributed by atoms with van der Waals surface area (Å²) in [6.45, 7) is 0.611. The Bertz CT molecular complexity index is 524. The Hall–Kier alpha value is -1.80. The topological polar surface area (TPSA) is 35.2 Å². The zero-order chi connectivity index (χ0) is 12.4. The molecule has 2 aromatic carbocycles. The number of hydrogen-bond acceptors (Lipinski definition) is 2. The van der Waals surface area contributed by atoms with Crippen LogP contribution in [0.1, 0.15) is 23.5 Å². The summed E-state index contributed by atoms with van der Waals surface area (Å²) in [6, 6.07) is 18.8. The lowest BCUT2D eigenvalue weighted by Crippen LogP contribution is -2.03. The minimum Gasteiger partial charge on any atom is -0.489 e. The van der Waals surface area contributed by atoms with Crippen LogP contribution >= 0.6 is 0 Å². The van der Waals surface area contributed by atoms with Gasteiger partial charge in [-0.2, -0.15) is 0 Å². The van der Waals surface area contributed by atoms with E-state index in [0.717, 1.165) is 12.2 Å². The molecule has 1 fully saturated rings. The van der Waals surface area contributed by atoms with Crippen LogP contribution in [0.4, 0.5) is 0 Å². The van der Waals surface area contributed by atoms with Crippen molar-refractivity contribution in [3.05, 3.63) is 65.7 Å². The summed E-state index contributed by atoms with van der Waals surface area (Å²) in [5.41, 5.74) is 8.36. The van der Waals surface area contributed by atoms with E-state index in [4.69, 9.17) is 10.5 Å². The first-order valence-corrected chi connectivity index (χ1v) is 6.36. The van der Waals surface area contributed by atoms with Crippen LogP contribution in [-0.4, -0.2) is 6.04 Å². The second-order valence-corrected chi connectivity index (χ2v) is 4.82. The highest BCUT2D eigenvalue weighted by molar-refractivity contribution is 5.40. The summed E-state index contributed by atoms with van der Waals surface area (Å²) in [5, 5.41) is 0. The van der Waals surface area contributed by atoms with Crippen LogP contribution < -0.4 is 10.5 Å². The molecule has 2 N–H and O–H groups in total. The highest BCUT2D eigenvalue weighted by Crippen LogP contribution is 2.43. The summed E-state index contributed by atoms with van der Waals surface area (Å²) < 4.78 is 5.92. The summed E-state index contributed by atoms with van der Waals surface area (Å²) in [6.07, 6.45) is 1.08. The van der Waals surface area contributed by atoms with Crippen LogP contribution in [0.3, 0.4) is 0 Å². The zero-order valence-corrected chi connectivity index (χ0v) is 10.3. The fourth-order valence-electron chi connectivity index (χ4n) is 2.23. The number of nitrogens with two attached hydrogens (primary N) is 1. The molecule has 2 nitrogen and oxygen atoms in total. The molecular formula is C16H17NO. The Labute approximate surface area is 107 Å². The molecular weight excluding hydrogens is 222 g/mol. The maximum Gasteiger partial charge on any atom is 0.123 e. The van der Waals surface area contributed by atoms with Gasteiger partial charge in [-0.05, 0) is 23.6 Å². The van der Waals surface area contributed by atoms with E-state index in [1.165, 1.54) is 11.1 Å². The van der Waals surface area contributed by atoms with Crippen molar-refractivity contribution < 1.29 is 4.74 Å². The van der Waals surface area contributed by atoms with Gasteiger partial charge in [-0.15, -0.1) is 0 Å². The van der Waals surface area contributed by atoms with Gasteiger partial charge in [-0.1, -0.05) is 48.5 Å². The smallest absolute Gasteiger partial charge is 0.123 e. The number of benzene rings is 2. The van der Waals surface area contributed by atoms with E-state index >= 15 is 0 Å². The Kier molecular flexibility index (Phi) is 3.03. The lowest BCUT2D eigenvalue weighted by atomic mass is 10.1. The van der Waals surface area contributed by atoms with Gasteiger partial charge in [0.2, 0.25) is 0 Å². The molecule has 1 aliphatic rings. The average molecular weight is 239 g/mol. The molecule has 2 atom stereocenters. The molecule has 1 saturated carbocycles. The normalized spacial score (nSPS) is 21.6. The highest BCUT2D eigenvalue weighted by atomic mass is 16.5. The average Bonchev–Trinajstić information content (AvgIpc) is 3.15. The summed E-state index contributed by atoms with van der Waals surface area (Å²) in [7, 11) is 0. The quantitative estimate of drug-likeness (QED) is 0.890. The molecule has 0 aliphatic heterocycles. The second-order valence-electron chi connectivity index (χ2n) is 4.82. The van der Waals surface area contributed by atoms with E-state index < -0.39 is 0 Å². The fraction of sp³-hybridized carbons (Fsp3) is 0.250. The standard InChI is InChI=1S/C16H17NO/c17-15-10-14(15)13-8-4-5-9-16(13)18-11-12-6-2-1-3-7-12/h1-9,14-15H,10-11,17H2. The van der Waals surface area contributed by atoms with Crippen LogP contribution in [0.2, 0.25) is 0 Å². The lowest BCUT2D eigenvalue weighted by Gasteiger charge is -2.11. The Balaban J connectivity index is 1.73. The van der Waals surface area contributed by atoms with Crippen molar-refractivity contribution in [2.75, 3.05) is 0 Å². The largest absolute Gasteiger partial charge is 0.489 e. The van der Waals surface area contributed by atoms with Crippen LogP contribution in [0.15, 0.2) is 54.6 Å². The minimum absolute atomic E-state index is 0.312. The third kappa shape index (κ3) is 2.39. The predicted octanol–water partition coefficient (Wildman–Crippen LogP) is 3.08. The Morgan fingerprint density at radius 1 is 1.00 bits per heavy atom. The second kappa shape index (κ2) is 4.83. The maximum atomic E-state index is 5.92. The van der Waals surface area contributed by atoms with Gasteiger partial charge in [0.25, 0.3) is 0 Å². The van der Waals surface area contributed by atoms with E-state index in [0.29, 0.717) is 18.6 Å².